The lowest BCUT2D eigenvalue weighted by Crippen LogP contribution is -2.44. The molecular weight excluding hydrogens is 236 g/mol. The maximum atomic E-state index is 5.67. The zero-order chi connectivity index (χ0) is 12.8. The lowest BCUT2D eigenvalue weighted by atomic mass is 9.51. The number of rotatable bonds is 4. The zero-order valence-electron chi connectivity index (χ0n) is 11.8. The third kappa shape index (κ3) is 1.94. The van der Waals surface area contributed by atoms with E-state index in [4.69, 9.17) is 4.42 Å². The standard InChI is InChI=1S/C16H24N2O/c1-17-3-2-14-16(18-9-19-14)15-12-5-10-4-11(7-12)8-13(15)6-10/h9-13,15,17H,2-8H2,1H3. The van der Waals surface area contributed by atoms with Gasteiger partial charge in [0, 0.05) is 18.9 Å². The van der Waals surface area contributed by atoms with Crippen molar-refractivity contribution >= 4 is 0 Å². The van der Waals surface area contributed by atoms with Crippen LogP contribution in [-0.4, -0.2) is 18.6 Å². The maximum Gasteiger partial charge on any atom is 0.181 e. The SMILES string of the molecule is CNCCc1ocnc1C1C2CC3CC(C2)CC1C3. The monoisotopic (exact) mass is 260 g/mol. The summed E-state index contributed by atoms with van der Waals surface area (Å²) in [5.74, 6) is 5.72. The van der Waals surface area contributed by atoms with Crippen molar-refractivity contribution < 1.29 is 4.42 Å². The van der Waals surface area contributed by atoms with Crippen molar-refractivity contribution in [2.75, 3.05) is 13.6 Å². The van der Waals surface area contributed by atoms with E-state index >= 15 is 0 Å². The van der Waals surface area contributed by atoms with E-state index in [0.717, 1.165) is 42.4 Å². The highest BCUT2D eigenvalue weighted by molar-refractivity contribution is 5.20. The Labute approximate surface area is 115 Å². The van der Waals surface area contributed by atoms with Gasteiger partial charge in [0.25, 0.3) is 0 Å². The van der Waals surface area contributed by atoms with Gasteiger partial charge in [-0.15, -0.1) is 0 Å². The minimum atomic E-state index is 0.707. The number of hydrogen-bond donors (Lipinski definition) is 1. The van der Waals surface area contributed by atoms with Crippen LogP contribution in [0.15, 0.2) is 10.8 Å². The smallest absolute Gasteiger partial charge is 0.181 e. The van der Waals surface area contributed by atoms with Crippen molar-refractivity contribution in [3.8, 4) is 0 Å². The number of hydrogen-bond acceptors (Lipinski definition) is 3. The molecular formula is C16H24N2O. The van der Waals surface area contributed by atoms with Gasteiger partial charge in [0.1, 0.15) is 5.76 Å². The van der Waals surface area contributed by atoms with Crippen LogP contribution in [0.2, 0.25) is 0 Å². The number of likely N-dealkylation sites (N-methyl/N-ethyl adjacent to an activating group) is 1. The molecule has 0 atom stereocenters. The van der Waals surface area contributed by atoms with E-state index in [2.05, 4.69) is 10.3 Å². The van der Waals surface area contributed by atoms with Gasteiger partial charge in [-0.1, -0.05) is 0 Å². The van der Waals surface area contributed by atoms with Gasteiger partial charge in [-0.3, -0.25) is 0 Å². The summed E-state index contributed by atoms with van der Waals surface area (Å²) in [6.45, 7) is 0.982. The summed E-state index contributed by atoms with van der Waals surface area (Å²) in [6, 6.07) is 0. The van der Waals surface area contributed by atoms with Crippen LogP contribution in [-0.2, 0) is 6.42 Å². The summed E-state index contributed by atoms with van der Waals surface area (Å²) in [5, 5.41) is 3.21. The average molecular weight is 260 g/mol. The minimum absolute atomic E-state index is 0.707. The van der Waals surface area contributed by atoms with Gasteiger partial charge in [-0.05, 0) is 62.8 Å². The summed E-state index contributed by atoms with van der Waals surface area (Å²) in [4.78, 5) is 4.62. The molecule has 4 aliphatic rings. The van der Waals surface area contributed by atoms with Crippen LogP contribution in [0, 0.1) is 23.7 Å². The van der Waals surface area contributed by atoms with E-state index in [-0.39, 0.29) is 0 Å². The van der Waals surface area contributed by atoms with E-state index in [9.17, 15) is 0 Å². The van der Waals surface area contributed by atoms with Crippen molar-refractivity contribution in [3.63, 3.8) is 0 Å². The lowest BCUT2D eigenvalue weighted by molar-refractivity contribution is -0.00455. The Morgan fingerprint density at radius 1 is 1.16 bits per heavy atom. The molecule has 0 radical (unpaired) electrons. The molecule has 1 N–H and O–H groups in total. The highest BCUT2D eigenvalue weighted by Gasteiger charge is 2.49. The third-order valence-electron chi connectivity index (χ3n) is 5.82. The normalized spacial score (nSPS) is 39.9. The average Bonchev–Trinajstić information content (AvgIpc) is 2.83. The lowest BCUT2D eigenvalue weighted by Gasteiger charge is -2.54. The van der Waals surface area contributed by atoms with Crippen LogP contribution in [0.3, 0.4) is 0 Å². The number of aromatic nitrogens is 1. The van der Waals surface area contributed by atoms with Gasteiger partial charge in [-0.25, -0.2) is 4.98 Å². The van der Waals surface area contributed by atoms with Gasteiger partial charge in [-0.2, -0.15) is 0 Å². The molecule has 4 fully saturated rings. The van der Waals surface area contributed by atoms with Crippen LogP contribution in [0.5, 0.6) is 0 Å². The van der Waals surface area contributed by atoms with Crippen molar-refractivity contribution in [3.05, 3.63) is 17.8 Å². The molecule has 4 saturated carbocycles. The van der Waals surface area contributed by atoms with Crippen molar-refractivity contribution in [1.82, 2.24) is 10.3 Å². The van der Waals surface area contributed by atoms with Crippen molar-refractivity contribution in [1.29, 1.82) is 0 Å². The van der Waals surface area contributed by atoms with Crippen LogP contribution in [0.4, 0.5) is 0 Å². The van der Waals surface area contributed by atoms with Crippen molar-refractivity contribution in [2.45, 2.75) is 44.4 Å². The molecule has 3 heteroatoms. The van der Waals surface area contributed by atoms with Gasteiger partial charge in [0.2, 0.25) is 0 Å². The van der Waals surface area contributed by atoms with E-state index in [1.54, 1.807) is 6.39 Å². The van der Waals surface area contributed by atoms with E-state index in [1.165, 1.54) is 37.8 Å². The van der Waals surface area contributed by atoms with Gasteiger partial charge < -0.3 is 9.73 Å². The first-order valence-corrected chi connectivity index (χ1v) is 7.92. The Morgan fingerprint density at radius 3 is 2.47 bits per heavy atom. The Balaban J connectivity index is 1.60. The highest BCUT2D eigenvalue weighted by Crippen LogP contribution is 2.59. The van der Waals surface area contributed by atoms with Crippen LogP contribution in [0.1, 0.15) is 49.5 Å². The fourth-order valence-corrected chi connectivity index (χ4v) is 5.35. The first-order valence-electron chi connectivity index (χ1n) is 7.92. The molecule has 4 aliphatic carbocycles. The number of nitrogens with one attached hydrogen (secondary N) is 1. The van der Waals surface area contributed by atoms with Gasteiger partial charge in [0.05, 0.1) is 5.69 Å². The molecule has 1 heterocycles. The largest absolute Gasteiger partial charge is 0.448 e. The topological polar surface area (TPSA) is 38.1 Å². The summed E-state index contributed by atoms with van der Waals surface area (Å²) in [5.41, 5.74) is 1.31. The fourth-order valence-electron chi connectivity index (χ4n) is 5.35. The quantitative estimate of drug-likeness (QED) is 0.904. The summed E-state index contributed by atoms with van der Waals surface area (Å²) < 4.78 is 5.67. The Morgan fingerprint density at radius 2 is 1.84 bits per heavy atom. The molecule has 5 rings (SSSR count). The molecule has 1 aromatic rings. The second kappa shape index (κ2) is 4.62. The Hall–Kier alpha value is -0.830. The molecule has 0 spiro atoms. The number of nitrogens with zero attached hydrogens (tertiary/aromatic N) is 1. The highest BCUT2D eigenvalue weighted by atomic mass is 16.3. The first-order chi connectivity index (χ1) is 9.35. The molecule has 0 unspecified atom stereocenters. The Kier molecular flexibility index (Phi) is 2.91. The van der Waals surface area contributed by atoms with E-state index in [0.29, 0.717) is 5.92 Å². The molecule has 1 aromatic heterocycles. The van der Waals surface area contributed by atoms with E-state index in [1.807, 2.05) is 7.05 Å². The first kappa shape index (κ1) is 12.0. The number of oxazole rings is 1. The second-order valence-electron chi connectivity index (χ2n) is 6.97. The molecule has 4 bridgehead atoms. The predicted octanol–water partition coefficient (Wildman–Crippen LogP) is 2.98. The predicted molar refractivity (Wildman–Crippen MR) is 73.9 cm³/mol. The minimum Gasteiger partial charge on any atom is -0.448 e. The maximum absolute atomic E-state index is 5.67. The molecule has 3 nitrogen and oxygen atoms in total. The summed E-state index contributed by atoms with van der Waals surface area (Å²) in [6.07, 6.45) is 9.99. The van der Waals surface area contributed by atoms with Gasteiger partial charge in [0.15, 0.2) is 6.39 Å². The van der Waals surface area contributed by atoms with Crippen LogP contribution >= 0.6 is 0 Å². The molecule has 104 valence electrons. The fraction of sp³-hybridized carbons (Fsp3) is 0.812. The molecule has 0 saturated heterocycles. The third-order valence-corrected chi connectivity index (χ3v) is 5.82. The summed E-state index contributed by atoms with van der Waals surface area (Å²) >= 11 is 0. The molecule has 0 aliphatic heterocycles. The Bertz CT molecular complexity index is 425. The van der Waals surface area contributed by atoms with Crippen LogP contribution in [0.25, 0.3) is 0 Å². The van der Waals surface area contributed by atoms with E-state index < -0.39 is 0 Å². The molecule has 0 aromatic carbocycles. The molecule has 0 amide bonds. The zero-order valence-corrected chi connectivity index (χ0v) is 11.8. The van der Waals surface area contributed by atoms with Crippen LogP contribution < -0.4 is 5.32 Å². The van der Waals surface area contributed by atoms with Crippen molar-refractivity contribution in [2.24, 2.45) is 23.7 Å². The summed E-state index contributed by atoms with van der Waals surface area (Å²) in [7, 11) is 2.00. The van der Waals surface area contributed by atoms with Gasteiger partial charge >= 0.3 is 0 Å². The molecule has 19 heavy (non-hydrogen) atoms. The second-order valence-corrected chi connectivity index (χ2v) is 6.97.